The zero-order valence-electron chi connectivity index (χ0n) is 50.1. The van der Waals surface area contributed by atoms with Crippen LogP contribution in [0, 0.1) is 0 Å². The lowest BCUT2D eigenvalue weighted by Crippen LogP contribution is -2.74. The van der Waals surface area contributed by atoms with Gasteiger partial charge in [0.05, 0.1) is 51.1 Å². The second kappa shape index (κ2) is 15.1. The summed E-state index contributed by atoms with van der Waals surface area (Å²) in [6.45, 7) is 0. The van der Waals surface area contributed by atoms with E-state index in [1.54, 1.807) is 97.1 Å². The third-order valence-corrected chi connectivity index (χ3v) is 16.1. The van der Waals surface area contributed by atoms with E-state index >= 15 is 0 Å². The van der Waals surface area contributed by atoms with Crippen LogP contribution in [0.4, 0.5) is 0 Å². The largest absolute Gasteiger partial charge is 0.294 e. The van der Waals surface area contributed by atoms with Gasteiger partial charge in [0.2, 0.25) is 5.95 Å². The van der Waals surface area contributed by atoms with Gasteiger partial charge in [-0.15, -0.1) is 0 Å². The van der Waals surface area contributed by atoms with E-state index in [0.29, 0.717) is 37.4 Å². The molecule has 0 bridgehead atoms. The van der Waals surface area contributed by atoms with Crippen molar-refractivity contribution in [2.75, 3.05) is 0 Å². The Balaban J connectivity index is 1.26. The molecule has 4 nitrogen and oxygen atoms in total. The summed E-state index contributed by atoms with van der Waals surface area (Å²) >= 11 is 0. The standard InChI is InChI=1S/C58H40N4Si/c1-4-20-41(21-5-1)42-22-18-28-46(38-42)63(44-24-6-2-7-25-44,45-26-8-3-9-27-45)47-29-19-23-43(39-47)52-40-57(61-53-34-14-10-30-48(53)49-31-11-15-35-54(49)61)60-58(59-52)62-55-36-16-12-32-50(55)51-33-13-17-37-56(51)62/h1-40H/i1D,4D,5D,10D,12D,14D,16D,19D,20D,21D,23D,29D,30D,32D,34D,36D,39D. The predicted octanol–water partition coefficient (Wildman–Crippen LogP) is 11.4. The summed E-state index contributed by atoms with van der Waals surface area (Å²) in [6, 6.07) is 32.1. The Morgan fingerprint density at radius 1 is 0.365 bits per heavy atom. The van der Waals surface area contributed by atoms with Crippen molar-refractivity contribution in [3.05, 3.63) is 242 Å². The van der Waals surface area contributed by atoms with Gasteiger partial charge in [-0.3, -0.25) is 9.13 Å². The van der Waals surface area contributed by atoms with Crippen LogP contribution in [0.2, 0.25) is 0 Å². The van der Waals surface area contributed by atoms with E-state index in [0.717, 1.165) is 0 Å². The van der Waals surface area contributed by atoms with Gasteiger partial charge in [-0.25, -0.2) is 4.98 Å². The first-order chi connectivity index (χ1) is 38.3. The van der Waals surface area contributed by atoms with E-state index in [1.165, 1.54) is 15.2 Å². The minimum absolute atomic E-state index is 0.0106. The number of benzene rings is 9. The van der Waals surface area contributed by atoms with Crippen LogP contribution in [-0.4, -0.2) is 27.2 Å². The molecule has 3 heterocycles. The average molecular weight is 838 g/mol. The molecule has 3 aromatic heterocycles. The Morgan fingerprint density at radius 2 is 0.921 bits per heavy atom. The summed E-state index contributed by atoms with van der Waals surface area (Å²) in [5.74, 6) is -0.279. The summed E-state index contributed by atoms with van der Waals surface area (Å²) in [5.41, 5.74) is 0.511. The summed E-state index contributed by atoms with van der Waals surface area (Å²) in [4.78, 5) is 10.2. The fraction of sp³-hybridized carbons (Fsp3) is 0. The Morgan fingerprint density at radius 3 is 1.60 bits per heavy atom. The van der Waals surface area contributed by atoms with Crippen LogP contribution in [-0.2, 0) is 0 Å². The van der Waals surface area contributed by atoms with Crippen molar-refractivity contribution in [2.45, 2.75) is 0 Å². The maximum Gasteiger partial charge on any atom is 0.237 e. The molecule has 0 radical (unpaired) electrons. The third kappa shape index (κ3) is 5.97. The van der Waals surface area contributed by atoms with Gasteiger partial charge >= 0.3 is 0 Å². The van der Waals surface area contributed by atoms with Gasteiger partial charge in [0, 0.05) is 33.2 Å². The highest BCUT2D eigenvalue weighted by Gasteiger charge is 2.41. The van der Waals surface area contributed by atoms with Crippen molar-refractivity contribution in [1.82, 2.24) is 19.1 Å². The van der Waals surface area contributed by atoms with Gasteiger partial charge < -0.3 is 0 Å². The lowest BCUT2D eigenvalue weighted by atomic mass is 10.1. The van der Waals surface area contributed by atoms with Crippen LogP contribution in [0.15, 0.2) is 242 Å². The second-order valence-corrected chi connectivity index (χ2v) is 18.6. The second-order valence-electron chi connectivity index (χ2n) is 14.9. The van der Waals surface area contributed by atoms with Gasteiger partial charge in [0.1, 0.15) is 5.82 Å². The Bertz CT molecular complexity index is 4420. The van der Waals surface area contributed by atoms with Crippen molar-refractivity contribution in [3.63, 3.8) is 0 Å². The fourth-order valence-corrected chi connectivity index (χ4v) is 13.4. The molecule has 0 saturated heterocycles. The molecule has 0 amide bonds. The van der Waals surface area contributed by atoms with Crippen molar-refractivity contribution >= 4 is 72.4 Å². The summed E-state index contributed by atoms with van der Waals surface area (Å²) < 4.78 is 159. The van der Waals surface area contributed by atoms with Crippen LogP contribution in [0.5, 0.6) is 0 Å². The molecule has 0 spiro atoms. The number of rotatable bonds is 8. The minimum Gasteiger partial charge on any atom is -0.294 e. The quantitative estimate of drug-likeness (QED) is 0.113. The summed E-state index contributed by atoms with van der Waals surface area (Å²) in [5, 5.41) is 2.94. The van der Waals surface area contributed by atoms with Gasteiger partial charge in [0.25, 0.3) is 0 Å². The van der Waals surface area contributed by atoms with Crippen LogP contribution in [0.3, 0.4) is 0 Å². The van der Waals surface area contributed by atoms with E-state index in [1.807, 2.05) is 36.4 Å². The number of fused-ring (bicyclic) bond motifs is 6. The number of hydrogen-bond acceptors (Lipinski definition) is 2. The van der Waals surface area contributed by atoms with Gasteiger partial charge in [-0.05, 0) is 56.1 Å². The van der Waals surface area contributed by atoms with Gasteiger partial charge in [-0.1, -0.05) is 212 Å². The van der Waals surface area contributed by atoms with E-state index < -0.39 is 98.7 Å². The Labute approximate surface area is 390 Å². The van der Waals surface area contributed by atoms with E-state index in [2.05, 4.69) is 0 Å². The fourth-order valence-electron chi connectivity index (χ4n) is 8.82. The average Bonchev–Trinajstić information content (AvgIpc) is 4.17. The van der Waals surface area contributed by atoms with E-state index in [9.17, 15) is 8.22 Å². The number of para-hydroxylation sites is 4. The number of hydrogen-bond donors (Lipinski definition) is 0. The molecule has 9 aromatic carbocycles. The van der Waals surface area contributed by atoms with Crippen molar-refractivity contribution in [1.29, 1.82) is 0 Å². The number of nitrogens with zero attached hydrogens (tertiary/aromatic N) is 4. The highest BCUT2D eigenvalue weighted by molar-refractivity contribution is 7.20. The molecule has 0 saturated carbocycles. The molecule has 0 aliphatic heterocycles. The molecule has 296 valence electrons. The molecule has 63 heavy (non-hydrogen) atoms. The topological polar surface area (TPSA) is 35.6 Å². The van der Waals surface area contributed by atoms with Gasteiger partial charge in [-0.2, -0.15) is 4.98 Å². The zero-order valence-corrected chi connectivity index (χ0v) is 34.1. The molecular formula is C58H40N4Si. The van der Waals surface area contributed by atoms with Crippen molar-refractivity contribution < 1.29 is 23.3 Å². The highest BCUT2D eigenvalue weighted by Crippen LogP contribution is 2.35. The lowest BCUT2D eigenvalue weighted by molar-refractivity contribution is 0.952. The minimum atomic E-state index is -4.23. The number of aromatic nitrogens is 4. The Kier molecular flexibility index (Phi) is 5.56. The molecule has 0 unspecified atom stereocenters. The molecule has 0 atom stereocenters. The van der Waals surface area contributed by atoms with Crippen LogP contribution in [0.1, 0.15) is 23.3 Å². The molecule has 12 rings (SSSR count). The first-order valence-corrected chi connectivity index (χ1v) is 22.1. The normalized spacial score (nSPS) is 15.6. The lowest BCUT2D eigenvalue weighted by Gasteiger charge is -2.35. The zero-order chi connectivity index (χ0) is 56.5. The summed E-state index contributed by atoms with van der Waals surface area (Å²) in [7, 11) is -4.23. The maximum absolute atomic E-state index is 10.7. The molecule has 0 N–H and O–H groups in total. The van der Waals surface area contributed by atoms with E-state index in [4.69, 9.17) is 25.0 Å². The summed E-state index contributed by atoms with van der Waals surface area (Å²) in [6.07, 6.45) is 0. The first kappa shape index (κ1) is 23.2. The van der Waals surface area contributed by atoms with Gasteiger partial charge in [0.15, 0.2) is 8.07 Å². The third-order valence-electron chi connectivity index (χ3n) is 11.5. The van der Waals surface area contributed by atoms with Crippen LogP contribution >= 0.6 is 0 Å². The SMILES string of the molecule is [2H]c1c([2H])c([2H])c(-c2cccc([Si](c3ccccc3)(c3ccccc3)c3c([2H])c([2H])c([2H])c(-c4cc(-n5c6ccccc6c6c([2H])c([2H])c([2H])c([2H])c65)nc(-n5c6ccccc6c6c([2H])c([2H])c([2H])c([2H])c65)n4)c3[2H])c2)c([2H])c1[2H]. The van der Waals surface area contributed by atoms with E-state index in [-0.39, 0.29) is 73.2 Å². The Hall–Kier alpha value is -8.12. The first-order valence-electron chi connectivity index (χ1n) is 28.6. The smallest absolute Gasteiger partial charge is 0.237 e. The van der Waals surface area contributed by atoms with Crippen LogP contribution < -0.4 is 20.7 Å². The predicted molar refractivity (Wildman–Crippen MR) is 265 cm³/mol. The van der Waals surface area contributed by atoms with Crippen molar-refractivity contribution in [2.24, 2.45) is 0 Å². The monoisotopic (exact) mass is 837 g/mol. The molecule has 12 aromatic rings. The van der Waals surface area contributed by atoms with Crippen LogP contribution in [0.25, 0.3) is 77.8 Å². The molecule has 5 heteroatoms. The van der Waals surface area contributed by atoms with Crippen molar-refractivity contribution in [3.8, 4) is 34.2 Å². The molecule has 0 aliphatic carbocycles. The molecule has 0 aliphatic rings. The molecule has 0 fully saturated rings. The molecular weight excluding hydrogens is 781 g/mol. The highest BCUT2D eigenvalue weighted by atomic mass is 28.3. The maximum atomic E-state index is 10.7.